The third-order valence-electron chi connectivity index (χ3n) is 0.0861. The lowest BCUT2D eigenvalue weighted by molar-refractivity contribution is -0.119. The summed E-state index contributed by atoms with van der Waals surface area (Å²) >= 11 is -0.588. The molecule has 0 amide bonds. The van der Waals surface area contributed by atoms with Crippen molar-refractivity contribution in [2.24, 2.45) is 0 Å². The first kappa shape index (κ1) is 4.62. The smallest absolute Gasteiger partial charge is 0.307 e. The van der Waals surface area contributed by atoms with Gasteiger partial charge in [-0.3, -0.25) is 4.79 Å². The van der Waals surface area contributed by atoms with Gasteiger partial charge >= 0.3 is 6.47 Å². The molecule has 0 unspecified atom stereocenters. The van der Waals surface area contributed by atoms with Gasteiger partial charge in [0.25, 0.3) is 0 Å². The zero-order chi connectivity index (χ0) is 4.12. The monoisotopic (exact) mass is 94.0 g/mol. The van der Waals surface area contributed by atoms with Crippen molar-refractivity contribution in [3.63, 3.8) is 0 Å². The topological polar surface area (TPSA) is 43.4 Å². The van der Waals surface area contributed by atoms with Crippen LogP contribution in [0.15, 0.2) is 0 Å². The molecule has 0 bridgehead atoms. The Morgan fingerprint density at radius 3 is 2.40 bits per heavy atom. The Labute approximate surface area is 32.6 Å². The minimum absolute atomic E-state index is 0.106. The molecule has 0 aromatic heterocycles. The van der Waals surface area contributed by atoms with E-state index in [2.05, 4.69) is 4.18 Å². The fourth-order valence-electron chi connectivity index (χ4n) is 0.0176. The van der Waals surface area contributed by atoms with Crippen molar-refractivity contribution >= 4 is 18.4 Å². The molecular formula is CH2O3S. The predicted molar refractivity (Wildman–Crippen MR) is 16.7 cm³/mol. The van der Waals surface area contributed by atoms with Gasteiger partial charge in [0.1, 0.15) is 0 Å². The van der Waals surface area contributed by atoms with E-state index in [0.29, 0.717) is 0 Å². The second-order valence-electron chi connectivity index (χ2n) is 0.276. The van der Waals surface area contributed by atoms with Crippen LogP contribution in [0.5, 0.6) is 0 Å². The summed E-state index contributed by atoms with van der Waals surface area (Å²) in [7, 11) is 0. The molecule has 0 heterocycles. The van der Waals surface area contributed by atoms with Crippen molar-refractivity contribution in [2.45, 2.75) is 0 Å². The van der Waals surface area contributed by atoms with E-state index in [1.807, 2.05) is 0 Å². The highest BCUT2D eigenvalue weighted by Crippen LogP contribution is 1.47. The van der Waals surface area contributed by atoms with E-state index < -0.39 is 11.9 Å². The van der Waals surface area contributed by atoms with Gasteiger partial charge in [-0.05, 0) is 0 Å². The molecule has 30 valence electrons. The van der Waals surface area contributed by atoms with Crippen LogP contribution < -0.4 is 0 Å². The van der Waals surface area contributed by atoms with Gasteiger partial charge in [-0.2, -0.15) is 0 Å². The third-order valence-corrected chi connectivity index (χ3v) is 0.258. The average molecular weight is 94.1 g/mol. The highest BCUT2D eigenvalue weighted by atomic mass is 32.2. The molecule has 0 aliphatic heterocycles. The van der Waals surface area contributed by atoms with Crippen LogP contribution in [0.3, 0.4) is 0 Å². The van der Waals surface area contributed by atoms with Crippen LogP contribution in [0.2, 0.25) is 0 Å². The molecule has 0 aromatic carbocycles. The van der Waals surface area contributed by atoms with E-state index in [4.69, 9.17) is 9.00 Å². The summed E-state index contributed by atoms with van der Waals surface area (Å²) in [4.78, 5) is 8.98. The molecule has 0 aliphatic carbocycles. The summed E-state index contributed by atoms with van der Waals surface area (Å²) in [5.41, 5.74) is 0. The van der Waals surface area contributed by atoms with Gasteiger partial charge in [-0.1, -0.05) is 0 Å². The fraction of sp³-hybridized carbons (Fsp3) is 0. The van der Waals surface area contributed by atoms with Crippen molar-refractivity contribution in [1.82, 2.24) is 0 Å². The van der Waals surface area contributed by atoms with Gasteiger partial charge in [0.2, 0.25) is 0 Å². The molecule has 5 heavy (non-hydrogen) atoms. The first-order valence-corrected chi connectivity index (χ1v) is 1.57. The maximum Gasteiger partial charge on any atom is 0.307 e. The molecule has 0 atom stereocenters. The van der Waals surface area contributed by atoms with Crippen molar-refractivity contribution in [3.8, 4) is 0 Å². The van der Waals surface area contributed by atoms with Crippen LogP contribution in [0.4, 0.5) is 0 Å². The quantitative estimate of drug-likeness (QED) is 0.353. The summed E-state index contributed by atoms with van der Waals surface area (Å²) < 4.78 is 12.6. The summed E-state index contributed by atoms with van der Waals surface area (Å²) in [6.45, 7) is 0.106. The Bertz CT molecular complexity index is 36.2. The van der Waals surface area contributed by atoms with Crippen molar-refractivity contribution in [1.29, 1.82) is 0 Å². The third kappa shape index (κ3) is 3.62. The molecule has 0 radical (unpaired) electrons. The Balaban J connectivity index is 2.65. The van der Waals surface area contributed by atoms with Gasteiger partial charge in [-0.25, -0.2) is 4.21 Å². The minimum Gasteiger partial charge on any atom is -0.369 e. The van der Waals surface area contributed by atoms with Crippen molar-refractivity contribution in [3.05, 3.63) is 0 Å². The first-order valence-electron chi connectivity index (χ1n) is 0.837. The van der Waals surface area contributed by atoms with E-state index in [0.717, 1.165) is 0 Å². The second kappa shape index (κ2) is 3.62. The molecule has 0 fully saturated rings. The van der Waals surface area contributed by atoms with Crippen LogP contribution in [-0.2, 0) is 20.9 Å². The Kier molecular flexibility index (Phi) is 3.34. The highest BCUT2D eigenvalue weighted by molar-refractivity contribution is 7.60. The van der Waals surface area contributed by atoms with E-state index in [1.54, 1.807) is 0 Å². The van der Waals surface area contributed by atoms with Crippen molar-refractivity contribution < 1.29 is 13.2 Å². The largest absolute Gasteiger partial charge is 0.369 e. The van der Waals surface area contributed by atoms with Crippen LogP contribution in [0.1, 0.15) is 0 Å². The van der Waals surface area contributed by atoms with Gasteiger partial charge in [0.05, 0.1) is 0 Å². The maximum absolute atomic E-state index is 9.05. The number of hydrogen-bond acceptors (Lipinski definition) is 3. The number of hydrogen-bond donors (Lipinski definition) is 1. The maximum atomic E-state index is 9.05. The predicted octanol–water partition coefficient (Wildman–Crippen LogP) is -0.980. The van der Waals surface area contributed by atoms with Crippen LogP contribution in [0, 0.1) is 0 Å². The Morgan fingerprint density at radius 1 is 1.80 bits per heavy atom. The molecule has 0 aromatic rings. The van der Waals surface area contributed by atoms with Crippen LogP contribution in [0.25, 0.3) is 0 Å². The van der Waals surface area contributed by atoms with Crippen LogP contribution in [-0.4, -0.2) is 10.7 Å². The normalized spacial score (nSPS) is 6.40. The average Bonchev–Trinajstić information content (AvgIpc) is 1.41. The zero-order valence-corrected chi connectivity index (χ0v) is 3.14. The van der Waals surface area contributed by atoms with E-state index in [9.17, 15) is 0 Å². The summed E-state index contributed by atoms with van der Waals surface area (Å²) in [6.07, 6.45) is 0. The molecule has 0 spiro atoms. The lowest BCUT2D eigenvalue weighted by atomic mass is 11.7. The van der Waals surface area contributed by atoms with Gasteiger partial charge in [0, 0.05) is 0 Å². The van der Waals surface area contributed by atoms with Gasteiger partial charge in [0.15, 0.2) is 11.9 Å². The van der Waals surface area contributed by atoms with Gasteiger partial charge < -0.3 is 4.18 Å². The van der Waals surface area contributed by atoms with E-state index >= 15 is 0 Å². The number of carbonyl (C=O) groups is 1. The Morgan fingerprint density at radius 2 is 2.40 bits per heavy atom. The fourth-order valence-corrected chi connectivity index (χ4v) is 0.0527. The van der Waals surface area contributed by atoms with Gasteiger partial charge in [-0.15, -0.1) is 0 Å². The molecule has 3 nitrogen and oxygen atoms in total. The lowest BCUT2D eigenvalue weighted by Gasteiger charge is -1.66. The Hall–Kier alpha value is -0.380. The van der Waals surface area contributed by atoms with Crippen LogP contribution >= 0.6 is 0 Å². The molecule has 4 heteroatoms. The molecule has 0 aliphatic rings. The summed E-state index contributed by atoms with van der Waals surface area (Å²) in [6, 6.07) is 0. The molecular weight excluding hydrogens is 92.1 g/mol. The molecule has 0 saturated heterocycles. The van der Waals surface area contributed by atoms with E-state index in [1.165, 1.54) is 0 Å². The summed E-state index contributed by atoms with van der Waals surface area (Å²) in [5.74, 6) is 0. The van der Waals surface area contributed by atoms with Crippen molar-refractivity contribution in [2.75, 3.05) is 0 Å². The molecule has 0 saturated carbocycles. The SMILES string of the molecule is O=CO[SH]=O. The number of thiol groups is 1. The zero-order valence-electron chi connectivity index (χ0n) is 2.25. The second-order valence-corrected chi connectivity index (χ2v) is 0.636. The first-order chi connectivity index (χ1) is 2.41. The number of carbonyl (C=O) groups excluding carboxylic acids is 1. The lowest BCUT2D eigenvalue weighted by Crippen LogP contribution is -1.71. The molecule has 0 N–H and O–H groups in total. The summed E-state index contributed by atoms with van der Waals surface area (Å²) in [5, 5.41) is 0. The standard InChI is InChI=1S/CH2O3S/c2-1-4-5-3/h1,5H. The molecule has 0 rings (SSSR count). The van der Waals surface area contributed by atoms with E-state index in [-0.39, 0.29) is 6.47 Å². The number of rotatable bonds is 2. The minimum atomic E-state index is -0.588. The highest BCUT2D eigenvalue weighted by Gasteiger charge is 1.57.